The topological polar surface area (TPSA) is 40.5 Å². The molecule has 0 aliphatic rings. The standard InChI is InChI=1S/C7H6ClFO2S.C2H6/c1-12-4-2-3(9)6(10)7(11)5(4)8;1-2/h2,10-11H,1H3;1-2H3. The minimum absolute atomic E-state index is 0.0265. The van der Waals surface area contributed by atoms with E-state index in [-0.39, 0.29) is 5.02 Å². The van der Waals surface area contributed by atoms with E-state index in [1.165, 1.54) is 11.8 Å². The first-order chi connectivity index (χ1) is 6.57. The van der Waals surface area contributed by atoms with Crippen LogP contribution in [0.3, 0.4) is 0 Å². The minimum atomic E-state index is -0.874. The number of halogens is 2. The largest absolute Gasteiger partial charge is 0.503 e. The zero-order valence-corrected chi connectivity index (χ0v) is 9.71. The summed E-state index contributed by atoms with van der Waals surface area (Å²) in [6.45, 7) is 4.00. The molecule has 0 atom stereocenters. The predicted octanol–water partition coefficient (Wildman–Crippen LogP) is 3.64. The predicted molar refractivity (Wildman–Crippen MR) is 57.9 cm³/mol. The fraction of sp³-hybridized carbons (Fsp3) is 0.333. The molecule has 0 aliphatic carbocycles. The number of thioether (sulfide) groups is 1. The molecule has 0 spiro atoms. The summed E-state index contributed by atoms with van der Waals surface area (Å²) >= 11 is 6.76. The molecule has 0 saturated carbocycles. The van der Waals surface area contributed by atoms with Crippen molar-refractivity contribution in [1.29, 1.82) is 0 Å². The number of rotatable bonds is 1. The lowest BCUT2D eigenvalue weighted by Gasteiger charge is -2.05. The lowest BCUT2D eigenvalue weighted by Crippen LogP contribution is -1.81. The van der Waals surface area contributed by atoms with E-state index in [1.807, 2.05) is 13.8 Å². The molecular weight excluding hydrogens is 227 g/mol. The third-order valence-electron chi connectivity index (χ3n) is 1.35. The van der Waals surface area contributed by atoms with E-state index in [0.29, 0.717) is 4.90 Å². The van der Waals surface area contributed by atoms with Gasteiger partial charge in [-0.3, -0.25) is 0 Å². The van der Waals surface area contributed by atoms with Gasteiger partial charge in [0.15, 0.2) is 17.3 Å². The van der Waals surface area contributed by atoms with Gasteiger partial charge in [-0.05, 0) is 12.3 Å². The van der Waals surface area contributed by atoms with E-state index in [2.05, 4.69) is 0 Å². The van der Waals surface area contributed by atoms with Crippen molar-refractivity contribution in [2.75, 3.05) is 6.26 Å². The summed E-state index contributed by atoms with van der Waals surface area (Å²) in [5.74, 6) is -2.29. The smallest absolute Gasteiger partial charge is 0.195 e. The summed E-state index contributed by atoms with van der Waals surface area (Å²) in [7, 11) is 0. The average molecular weight is 239 g/mol. The van der Waals surface area contributed by atoms with Crippen LogP contribution in [-0.4, -0.2) is 16.5 Å². The van der Waals surface area contributed by atoms with Crippen molar-refractivity contribution in [3.63, 3.8) is 0 Å². The molecule has 0 fully saturated rings. The van der Waals surface area contributed by atoms with Crippen LogP contribution in [0.5, 0.6) is 11.5 Å². The maximum Gasteiger partial charge on any atom is 0.195 e. The summed E-state index contributed by atoms with van der Waals surface area (Å²) in [6, 6.07) is 1.07. The molecule has 0 saturated heterocycles. The van der Waals surface area contributed by atoms with E-state index in [1.54, 1.807) is 6.26 Å². The molecule has 14 heavy (non-hydrogen) atoms. The second-order valence-electron chi connectivity index (χ2n) is 2.07. The van der Waals surface area contributed by atoms with Crippen molar-refractivity contribution in [1.82, 2.24) is 0 Å². The van der Waals surface area contributed by atoms with Crippen LogP contribution in [0.15, 0.2) is 11.0 Å². The SMILES string of the molecule is CC.CSc1cc(F)c(O)c(O)c1Cl. The monoisotopic (exact) mass is 238 g/mol. The molecule has 1 aromatic rings. The highest BCUT2D eigenvalue weighted by atomic mass is 35.5. The van der Waals surface area contributed by atoms with E-state index in [0.717, 1.165) is 6.07 Å². The second-order valence-corrected chi connectivity index (χ2v) is 3.30. The molecule has 5 heteroatoms. The Bertz CT molecular complexity index is 318. The number of benzene rings is 1. The van der Waals surface area contributed by atoms with Crippen molar-refractivity contribution in [2.45, 2.75) is 18.7 Å². The molecule has 1 rings (SSSR count). The van der Waals surface area contributed by atoms with Gasteiger partial charge >= 0.3 is 0 Å². The first-order valence-electron chi connectivity index (χ1n) is 4.01. The summed E-state index contributed by atoms with van der Waals surface area (Å²) < 4.78 is 12.7. The van der Waals surface area contributed by atoms with Gasteiger partial charge in [0.25, 0.3) is 0 Å². The lowest BCUT2D eigenvalue weighted by molar-refractivity contribution is 0.377. The van der Waals surface area contributed by atoms with Gasteiger partial charge in [-0.2, -0.15) is 0 Å². The highest BCUT2D eigenvalue weighted by Gasteiger charge is 2.14. The van der Waals surface area contributed by atoms with Gasteiger partial charge in [-0.15, -0.1) is 11.8 Å². The van der Waals surface area contributed by atoms with Crippen molar-refractivity contribution < 1.29 is 14.6 Å². The van der Waals surface area contributed by atoms with E-state index >= 15 is 0 Å². The number of hydrogen-bond acceptors (Lipinski definition) is 3. The Balaban J connectivity index is 0.000000791. The van der Waals surface area contributed by atoms with Crippen LogP contribution in [0.4, 0.5) is 4.39 Å². The number of aromatic hydroxyl groups is 2. The van der Waals surface area contributed by atoms with Crippen LogP contribution in [0.2, 0.25) is 5.02 Å². The molecule has 2 N–H and O–H groups in total. The van der Waals surface area contributed by atoms with Crippen LogP contribution >= 0.6 is 23.4 Å². The van der Waals surface area contributed by atoms with Crippen LogP contribution in [0.1, 0.15) is 13.8 Å². The Kier molecular flexibility index (Phi) is 5.72. The van der Waals surface area contributed by atoms with E-state index in [9.17, 15) is 4.39 Å². The van der Waals surface area contributed by atoms with E-state index < -0.39 is 17.3 Å². The quantitative estimate of drug-likeness (QED) is 0.580. The molecule has 0 aliphatic heterocycles. The van der Waals surface area contributed by atoms with Crippen LogP contribution in [0.25, 0.3) is 0 Å². The van der Waals surface area contributed by atoms with Crippen molar-refractivity contribution in [2.24, 2.45) is 0 Å². The summed E-state index contributed by atoms with van der Waals surface area (Å²) in [5.41, 5.74) is 0. The highest BCUT2D eigenvalue weighted by Crippen LogP contribution is 2.41. The fourth-order valence-electron chi connectivity index (χ4n) is 0.729. The lowest BCUT2D eigenvalue weighted by atomic mass is 10.3. The number of phenols is 2. The molecule has 0 amide bonds. The van der Waals surface area contributed by atoms with E-state index in [4.69, 9.17) is 21.8 Å². The van der Waals surface area contributed by atoms with Crippen molar-refractivity contribution >= 4 is 23.4 Å². The fourth-order valence-corrected chi connectivity index (χ4v) is 1.60. The summed E-state index contributed by atoms with van der Waals surface area (Å²) in [5, 5.41) is 17.9. The van der Waals surface area contributed by atoms with Gasteiger partial charge < -0.3 is 10.2 Å². The molecule has 0 radical (unpaired) electrons. The molecule has 0 heterocycles. The zero-order valence-electron chi connectivity index (χ0n) is 8.14. The number of hydrogen-bond donors (Lipinski definition) is 2. The van der Waals surface area contributed by atoms with Crippen LogP contribution in [0, 0.1) is 5.82 Å². The van der Waals surface area contributed by atoms with Gasteiger partial charge in [0, 0.05) is 4.90 Å². The van der Waals surface area contributed by atoms with Crippen molar-refractivity contribution in [3.05, 3.63) is 16.9 Å². The Morgan fingerprint density at radius 3 is 2.21 bits per heavy atom. The molecule has 80 valence electrons. The van der Waals surface area contributed by atoms with Gasteiger partial charge in [0.1, 0.15) is 0 Å². The van der Waals surface area contributed by atoms with Gasteiger partial charge in [0.2, 0.25) is 0 Å². The van der Waals surface area contributed by atoms with Gasteiger partial charge in [-0.25, -0.2) is 4.39 Å². The zero-order chi connectivity index (χ0) is 11.3. The summed E-state index contributed by atoms with van der Waals surface area (Å²) in [4.78, 5) is 0.393. The first-order valence-corrected chi connectivity index (χ1v) is 5.62. The highest BCUT2D eigenvalue weighted by molar-refractivity contribution is 7.98. The van der Waals surface area contributed by atoms with Gasteiger partial charge in [0.05, 0.1) is 5.02 Å². The van der Waals surface area contributed by atoms with Crippen LogP contribution in [-0.2, 0) is 0 Å². The maximum atomic E-state index is 12.7. The third kappa shape index (κ3) is 2.69. The Morgan fingerprint density at radius 2 is 1.79 bits per heavy atom. The minimum Gasteiger partial charge on any atom is -0.503 e. The van der Waals surface area contributed by atoms with Gasteiger partial charge in [-0.1, -0.05) is 25.4 Å². The van der Waals surface area contributed by atoms with Crippen LogP contribution < -0.4 is 0 Å². The second kappa shape index (κ2) is 5.98. The third-order valence-corrected chi connectivity index (χ3v) is 2.61. The molecular formula is C9H12ClFO2S. The summed E-state index contributed by atoms with van der Waals surface area (Å²) in [6.07, 6.45) is 1.69. The maximum absolute atomic E-state index is 12.7. The average Bonchev–Trinajstić information content (AvgIpc) is 2.23. The molecule has 0 bridgehead atoms. The number of phenolic OH excluding ortho intramolecular Hbond substituents is 2. The van der Waals surface area contributed by atoms with Crippen molar-refractivity contribution in [3.8, 4) is 11.5 Å². The molecule has 0 aromatic heterocycles. The Labute approximate surface area is 91.7 Å². The Hall–Kier alpha value is -0.610. The molecule has 2 nitrogen and oxygen atoms in total. The molecule has 0 unspecified atom stereocenters. The normalized spacial score (nSPS) is 9.21. The Morgan fingerprint density at radius 1 is 1.29 bits per heavy atom. The first kappa shape index (κ1) is 13.4. The molecule has 1 aromatic carbocycles.